The van der Waals surface area contributed by atoms with Gasteiger partial charge in [-0.3, -0.25) is 4.79 Å². The zero-order valence-corrected chi connectivity index (χ0v) is 13.9. The molecule has 2 heterocycles. The summed E-state index contributed by atoms with van der Waals surface area (Å²) in [5.41, 5.74) is 1.94. The number of carbonyl (C=O) groups excluding carboxylic acids is 1. The zero-order valence-electron chi connectivity index (χ0n) is 13.1. The predicted octanol–water partition coefficient (Wildman–Crippen LogP) is 2.56. The van der Waals surface area contributed by atoms with E-state index in [0.717, 1.165) is 18.8 Å². The van der Waals surface area contributed by atoms with Gasteiger partial charge in [-0.05, 0) is 43.5 Å². The summed E-state index contributed by atoms with van der Waals surface area (Å²) in [6.45, 7) is 2.18. The third-order valence-electron chi connectivity index (χ3n) is 4.32. The highest BCUT2D eigenvalue weighted by Crippen LogP contribution is 2.23. The number of benzene rings is 1. The topological polar surface area (TPSA) is 66.5 Å². The lowest BCUT2D eigenvalue weighted by Crippen LogP contribution is -2.29. The first-order valence-electron chi connectivity index (χ1n) is 8.08. The maximum absolute atomic E-state index is 12.0. The van der Waals surface area contributed by atoms with Crippen molar-refractivity contribution in [2.45, 2.75) is 25.7 Å². The van der Waals surface area contributed by atoms with Crippen LogP contribution in [0.2, 0.25) is 0 Å². The smallest absolute Gasteiger partial charge is 0.224 e. The van der Waals surface area contributed by atoms with Gasteiger partial charge in [-0.1, -0.05) is 6.08 Å². The normalized spacial score (nSPS) is 23.0. The molecule has 1 unspecified atom stereocenters. The van der Waals surface area contributed by atoms with Crippen LogP contribution < -0.4 is 10.2 Å². The van der Waals surface area contributed by atoms with E-state index in [2.05, 4.69) is 10.2 Å². The third-order valence-corrected chi connectivity index (χ3v) is 5.79. The molecule has 0 saturated carbocycles. The molecule has 0 aliphatic carbocycles. The molecule has 2 aliphatic heterocycles. The molecular formula is C17H22N2O3S. The molecule has 0 spiro atoms. The monoisotopic (exact) mass is 334 g/mol. The van der Waals surface area contributed by atoms with Crippen molar-refractivity contribution in [3.63, 3.8) is 0 Å². The minimum Gasteiger partial charge on any atom is -0.372 e. The number of anilines is 2. The molecule has 3 rings (SSSR count). The van der Waals surface area contributed by atoms with E-state index in [4.69, 9.17) is 0 Å². The van der Waals surface area contributed by atoms with Gasteiger partial charge in [0.15, 0.2) is 9.84 Å². The fourth-order valence-corrected chi connectivity index (χ4v) is 4.52. The van der Waals surface area contributed by atoms with Crippen LogP contribution in [0.25, 0.3) is 0 Å². The van der Waals surface area contributed by atoms with E-state index < -0.39 is 9.84 Å². The van der Waals surface area contributed by atoms with Crippen LogP contribution in [0.3, 0.4) is 0 Å². The third kappa shape index (κ3) is 4.34. The Hall–Kier alpha value is -1.82. The van der Waals surface area contributed by atoms with Crippen LogP contribution in [0.5, 0.6) is 0 Å². The van der Waals surface area contributed by atoms with Crippen molar-refractivity contribution >= 4 is 27.1 Å². The number of nitrogens with one attached hydrogen (secondary N) is 1. The van der Waals surface area contributed by atoms with Gasteiger partial charge < -0.3 is 10.2 Å². The summed E-state index contributed by atoms with van der Waals surface area (Å²) >= 11 is 0. The van der Waals surface area contributed by atoms with Crippen LogP contribution in [0, 0.1) is 5.92 Å². The second kappa shape index (κ2) is 6.74. The van der Waals surface area contributed by atoms with Crippen molar-refractivity contribution in [3.8, 4) is 0 Å². The van der Waals surface area contributed by atoms with Crippen molar-refractivity contribution in [2.75, 3.05) is 29.1 Å². The highest BCUT2D eigenvalue weighted by atomic mass is 32.2. The molecule has 1 N–H and O–H groups in total. The first-order valence-corrected chi connectivity index (χ1v) is 9.79. The molecule has 1 atom stereocenters. The molecule has 1 aromatic rings. The summed E-state index contributed by atoms with van der Waals surface area (Å²) in [5.74, 6) is -0.330. The minimum absolute atomic E-state index is 0.0360. The Kier molecular flexibility index (Phi) is 4.71. The summed E-state index contributed by atoms with van der Waals surface area (Å²) in [7, 11) is -3.10. The van der Waals surface area contributed by atoms with Gasteiger partial charge in [0.2, 0.25) is 5.91 Å². The van der Waals surface area contributed by atoms with Crippen LogP contribution in [0.1, 0.15) is 25.7 Å². The van der Waals surface area contributed by atoms with Gasteiger partial charge in [-0.2, -0.15) is 0 Å². The van der Waals surface area contributed by atoms with E-state index in [-0.39, 0.29) is 24.0 Å². The Morgan fingerprint density at radius 2 is 1.83 bits per heavy atom. The largest absolute Gasteiger partial charge is 0.372 e. The number of hydrogen-bond acceptors (Lipinski definition) is 4. The molecule has 6 heteroatoms. The van der Waals surface area contributed by atoms with Crippen LogP contribution >= 0.6 is 0 Å². The van der Waals surface area contributed by atoms with Gasteiger partial charge in [0.1, 0.15) is 0 Å². The van der Waals surface area contributed by atoms with Crippen molar-refractivity contribution in [1.82, 2.24) is 0 Å². The van der Waals surface area contributed by atoms with E-state index in [9.17, 15) is 13.2 Å². The Bertz CT molecular complexity index is 689. The fraction of sp³-hybridized carbons (Fsp3) is 0.471. The van der Waals surface area contributed by atoms with Crippen molar-refractivity contribution in [2.24, 2.45) is 5.92 Å². The van der Waals surface area contributed by atoms with Gasteiger partial charge >= 0.3 is 0 Å². The van der Waals surface area contributed by atoms with E-state index >= 15 is 0 Å². The van der Waals surface area contributed by atoms with Crippen LogP contribution in [-0.2, 0) is 14.6 Å². The van der Waals surface area contributed by atoms with E-state index in [1.54, 1.807) is 6.08 Å². The first-order chi connectivity index (χ1) is 11.0. The van der Waals surface area contributed by atoms with Gasteiger partial charge in [-0.25, -0.2) is 8.42 Å². The van der Waals surface area contributed by atoms with Crippen LogP contribution in [0.4, 0.5) is 11.4 Å². The molecule has 1 amide bonds. The van der Waals surface area contributed by atoms with Crippen LogP contribution in [-0.4, -0.2) is 33.2 Å². The Morgan fingerprint density at radius 3 is 2.43 bits per heavy atom. The molecule has 5 nitrogen and oxygen atoms in total. The standard InChI is InChI=1S/C17H22N2O3S/c20-17(12-14-8-11-23(21,22)13-14)18-15-4-6-16(7-5-15)19-9-2-1-3-10-19/h4-8,11,14H,1-3,9-10,12-13H2,(H,18,20). The lowest BCUT2D eigenvalue weighted by molar-refractivity contribution is -0.116. The number of piperidine rings is 1. The van der Waals surface area contributed by atoms with Crippen LogP contribution in [0.15, 0.2) is 35.7 Å². The molecule has 2 aliphatic rings. The van der Waals surface area contributed by atoms with E-state index in [0.29, 0.717) is 0 Å². The van der Waals surface area contributed by atoms with Gasteiger partial charge in [0, 0.05) is 42.2 Å². The maximum atomic E-state index is 12.0. The first kappa shape index (κ1) is 16.1. The SMILES string of the molecule is O=C(CC1C=CS(=O)(=O)C1)Nc1ccc(N2CCCCC2)cc1. The number of sulfone groups is 1. The molecule has 0 bridgehead atoms. The molecule has 23 heavy (non-hydrogen) atoms. The minimum atomic E-state index is -3.10. The van der Waals surface area contributed by atoms with E-state index in [1.807, 2.05) is 24.3 Å². The molecule has 1 saturated heterocycles. The lowest BCUT2D eigenvalue weighted by Gasteiger charge is -2.28. The average molecular weight is 334 g/mol. The molecule has 1 aromatic carbocycles. The van der Waals surface area contributed by atoms with Crippen molar-refractivity contribution in [1.29, 1.82) is 0 Å². The number of allylic oxidation sites excluding steroid dienone is 1. The number of nitrogens with zero attached hydrogens (tertiary/aromatic N) is 1. The fourth-order valence-electron chi connectivity index (χ4n) is 3.13. The molecule has 124 valence electrons. The molecule has 0 aromatic heterocycles. The zero-order chi connectivity index (χ0) is 16.3. The van der Waals surface area contributed by atoms with E-state index in [1.165, 1.54) is 30.4 Å². The van der Waals surface area contributed by atoms with Gasteiger partial charge in [-0.15, -0.1) is 0 Å². The number of hydrogen-bond donors (Lipinski definition) is 1. The highest BCUT2D eigenvalue weighted by Gasteiger charge is 2.23. The molecular weight excluding hydrogens is 312 g/mol. The number of amides is 1. The summed E-state index contributed by atoms with van der Waals surface area (Å²) < 4.78 is 22.7. The van der Waals surface area contributed by atoms with Gasteiger partial charge in [0.05, 0.1) is 5.75 Å². The van der Waals surface area contributed by atoms with Crippen molar-refractivity contribution in [3.05, 3.63) is 35.7 Å². The van der Waals surface area contributed by atoms with Gasteiger partial charge in [0.25, 0.3) is 0 Å². The number of carbonyl (C=O) groups is 1. The summed E-state index contributed by atoms with van der Waals surface area (Å²) in [5, 5.41) is 4.05. The Labute approximate surface area is 137 Å². The average Bonchev–Trinajstić information content (AvgIpc) is 2.87. The molecule has 0 radical (unpaired) electrons. The highest BCUT2D eigenvalue weighted by molar-refractivity contribution is 7.94. The summed E-state index contributed by atoms with van der Waals surface area (Å²) in [6, 6.07) is 7.87. The van der Waals surface area contributed by atoms with Crippen molar-refractivity contribution < 1.29 is 13.2 Å². The Morgan fingerprint density at radius 1 is 1.13 bits per heavy atom. The second-order valence-corrected chi connectivity index (χ2v) is 8.20. The summed E-state index contributed by atoms with van der Waals surface area (Å²) in [4.78, 5) is 14.4. The predicted molar refractivity (Wildman–Crippen MR) is 92.2 cm³/mol. The lowest BCUT2D eigenvalue weighted by atomic mass is 10.1. The molecule has 1 fully saturated rings. The summed E-state index contributed by atoms with van der Waals surface area (Å²) in [6.07, 6.45) is 5.57. The number of rotatable bonds is 4. The second-order valence-electron chi connectivity index (χ2n) is 6.27. The maximum Gasteiger partial charge on any atom is 0.224 e. The quantitative estimate of drug-likeness (QED) is 0.919. The Balaban J connectivity index is 1.53.